The second-order valence-corrected chi connectivity index (χ2v) is 4.23. The Morgan fingerprint density at radius 3 is 2.80 bits per heavy atom. The zero-order valence-corrected chi connectivity index (χ0v) is 10.5. The topological polar surface area (TPSA) is 88.5 Å². The van der Waals surface area contributed by atoms with Crippen LogP contribution in [0.4, 0.5) is 5.69 Å². The van der Waals surface area contributed by atoms with Crippen molar-refractivity contribution in [1.29, 1.82) is 0 Å². The highest BCUT2D eigenvalue weighted by Gasteiger charge is 2.06. The number of anilines is 1. The summed E-state index contributed by atoms with van der Waals surface area (Å²) < 4.78 is 1.74. The third kappa shape index (κ3) is 2.72. The first-order chi connectivity index (χ1) is 9.81. The minimum atomic E-state index is -0.192. The number of benzene rings is 1. The maximum Gasteiger partial charge on any atom is 0.258 e. The number of carbonyl (C=O) groups is 1. The molecule has 3 aromatic rings. The average Bonchev–Trinajstić information content (AvgIpc) is 3.13. The lowest BCUT2D eigenvalue weighted by molar-refractivity contribution is 0.102. The second kappa shape index (κ2) is 5.35. The van der Waals surface area contributed by atoms with Crippen molar-refractivity contribution >= 4 is 11.6 Å². The van der Waals surface area contributed by atoms with Gasteiger partial charge in [-0.05, 0) is 17.7 Å². The number of nitrogens with zero attached hydrogens (tertiary/aromatic N) is 4. The Kier molecular flexibility index (Phi) is 3.24. The van der Waals surface area contributed by atoms with Crippen molar-refractivity contribution in [3.63, 3.8) is 0 Å². The first-order valence-electron chi connectivity index (χ1n) is 6.03. The molecule has 7 heteroatoms. The third-order valence-corrected chi connectivity index (χ3v) is 2.78. The summed E-state index contributed by atoms with van der Waals surface area (Å²) in [6.07, 6.45) is 6.19. The Hall–Kier alpha value is -2.96. The van der Waals surface area contributed by atoms with Gasteiger partial charge in [-0.25, -0.2) is 9.67 Å². The predicted octanol–water partition coefficient (Wildman–Crippen LogP) is 1.30. The molecule has 0 atom stereocenters. The molecule has 0 aliphatic heterocycles. The zero-order valence-electron chi connectivity index (χ0n) is 10.5. The molecule has 3 rings (SSSR count). The highest BCUT2D eigenvalue weighted by atomic mass is 16.1. The number of carbonyl (C=O) groups excluding carboxylic acids is 1. The number of amides is 1. The van der Waals surface area contributed by atoms with E-state index in [2.05, 4.69) is 25.6 Å². The molecule has 0 saturated carbocycles. The van der Waals surface area contributed by atoms with Gasteiger partial charge in [0.15, 0.2) is 0 Å². The fourth-order valence-corrected chi connectivity index (χ4v) is 1.77. The Balaban J connectivity index is 1.65. The highest BCUT2D eigenvalue weighted by Crippen LogP contribution is 2.11. The van der Waals surface area contributed by atoms with Gasteiger partial charge in [-0.1, -0.05) is 12.1 Å². The van der Waals surface area contributed by atoms with Crippen LogP contribution in [-0.4, -0.2) is 30.9 Å². The quantitative estimate of drug-likeness (QED) is 0.746. The lowest BCUT2D eigenvalue weighted by Crippen LogP contribution is -2.11. The summed E-state index contributed by atoms with van der Waals surface area (Å²) in [5, 5.41) is 13.2. The monoisotopic (exact) mass is 268 g/mol. The van der Waals surface area contributed by atoms with Crippen LogP contribution in [0, 0.1) is 0 Å². The summed E-state index contributed by atoms with van der Waals surface area (Å²) in [7, 11) is 0. The lowest BCUT2D eigenvalue weighted by Gasteiger charge is -2.05. The van der Waals surface area contributed by atoms with Gasteiger partial charge in [-0.2, -0.15) is 10.2 Å². The summed E-state index contributed by atoms with van der Waals surface area (Å²) in [5.74, 6) is -0.192. The molecule has 0 bridgehead atoms. The van der Waals surface area contributed by atoms with E-state index in [9.17, 15) is 4.79 Å². The molecular formula is C13H12N6O. The maximum atomic E-state index is 11.8. The number of aromatic nitrogens is 5. The van der Waals surface area contributed by atoms with Crippen molar-refractivity contribution in [3.05, 3.63) is 60.4 Å². The van der Waals surface area contributed by atoms with E-state index in [4.69, 9.17) is 0 Å². The summed E-state index contributed by atoms with van der Waals surface area (Å²) in [5.41, 5.74) is 2.31. The first kappa shape index (κ1) is 12.1. The van der Waals surface area contributed by atoms with Crippen LogP contribution in [0.1, 0.15) is 15.9 Å². The molecule has 0 saturated heterocycles. The molecule has 0 aliphatic rings. The van der Waals surface area contributed by atoms with Crippen molar-refractivity contribution in [3.8, 4) is 0 Å². The van der Waals surface area contributed by atoms with E-state index in [1.165, 1.54) is 12.5 Å². The third-order valence-electron chi connectivity index (χ3n) is 2.78. The van der Waals surface area contributed by atoms with E-state index in [0.29, 0.717) is 12.1 Å². The average molecular weight is 268 g/mol. The molecular weight excluding hydrogens is 256 g/mol. The fourth-order valence-electron chi connectivity index (χ4n) is 1.77. The number of nitrogens with one attached hydrogen (secondary N) is 2. The summed E-state index contributed by atoms with van der Waals surface area (Å²) in [4.78, 5) is 15.7. The van der Waals surface area contributed by atoms with Crippen LogP contribution in [0.3, 0.4) is 0 Å². The molecule has 100 valence electrons. The molecule has 0 unspecified atom stereocenters. The minimum Gasteiger partial charge on any atom is -0.322 e. The van der Waals surface area contributed by atoms with Gasteiger partial charge in [0.25, 0.3) is 5.91 Å². The van der Waals surface area contributed by atoms with Crippen molar-refractivity contribution in [1.82, 2.24) is 25.0 Å². The molecule has 0 aliphatic carbocycles. The van der Waals surface area contributed by atoms with Gasteiger partial charge in [-0.3, -0.25) is 9.89 Å². The van der Waals surface area contributed by atoms with Crippen LogP contribution in [0.5, 0.6) is 0 Å². The van der Waals surface area contributed by atoms with E-state index < -0.39 is 0 Å². The Morgan fingerprint density at radius 1 is 1.30 bits per heavy atom. The molecule has 7 nitrogen and oxygen atoms in total. The predicted molar refractivity (Wildman–Crippen MR) is 72.1 cm³/mol. The van der Waals surface area contributed by atoms with E-state index in [0.717, 1.165) is 11.3 Å². The van der Waals surface area contributed by atoms with E-state index >= 15 is 0 Å². The summed E-state index contributed by atoms with van der Waals surface area (Å²) in [6.45, 7) is 0.649. The van der Waals surface area contributed by atoms with Crippen LogP contribution in [0.2, 0.25) is 0 Å². The van der Waals surface area contributed by atoms with Gasteiger partial charge in [0.05, 0.1) is 18.3 Å². The van der Waals surface area contributed by atoms with Crippen molar-refractivity contribution < 1.29 is 4.79 Å². The van der Waals surface area contributed by atoms with Gasteiger partial charge < -0.3 is 5.32 Å². The zero-order chi connectivity index (χ0) is 13.8. The Morgan fingerprint density at radius 2 is 2.15 bits per heavy atom. The normalized spacial score (nSPS) is 10.4. The van der Waals surface area contributed by atoms with Gasteiger partial charge in [0.2, 0.25) is 0 Å². The van der Waals surface area contributed by atoms with Crippen LogP contribution in [-0.2, 0) is 6.54 Å². The van der Waals surface area contributed by atoms with Gasteiger partial charge in [-0.15, -0.1) is 0 Å². The van der Waals surface area contributed by atoms with Crippen LogP contribution < -0.4 is 5.32 Å². The van der Waals surface area contributed by atoms with E-state index in [1.807, 2.05) is 24.3 Å². The van der Waals surface area contributed by atoms with E-state index in [1.54, 1.807) is 17.2 Å². The highest BCUT2D eigenvalue weighted by molar-refractivity contribution is 6.03. The first-order valence-corrected chi connectivity index (χ1v) is 6.03. The van der Waals surface area contributed by atoms with Crippen molar-refractivity contribution in [2.45, 2.75) is 6.54 Å². The van der Waals surface area contributed by atoms with Gasteiger partial charge in [0.1, 0.15) is 12.7 Å². The number of rotatable bonds is 4. The Labute approximate surface area is 114 Å². The lowest BCUT2D eigenvalue weighted by atomic mass is 10.2. The molecule has 2 N–H and O–H groups in total. The largest absolute Gasteiger partial charge is 0.322 e. The van der Waals surface area contributed by atoms with Crippen LogP contribution >= 0.6 is 0 Å². The number of aromatic amines is 1. The van der Waals surface area contributed by atoms with Gasteiger partial charge >= 0.3 is 0 Å². The van der Waals surface area contributed by atoms with Gasteiger partial charge in [0, 0.05) is 11.9 Å². The second-order valence-electron chi connectivity index (χ2n) is 4.23. The van der Waals surface area contributed by atoms with Crippen molar-refractivity contribution in [2.24, 2.45) is 0 Å². The molecule has 1 amide bonds. The molecule has 0 fully saturated rings. The maximum absolute atomic E-state index is 11.8. The molecule has 0 radical (unpaired) electrons. The minimum absolute atomic E-state index is 0.192. The van der Waals surface area contributed by atoms with Crippen LogP contribution in [0.25, 0.3) is 0 Å². The van der Waals surface area contributed by atoms with Crippen LogP contribution in [0.15, 0.2) is 49.3 Å². The van der Waals surface area contributed by atoms with Crippen molar-refractivity contribution in [2.75, 3.05) is 5.32 Å². The molecule has 2 aromatic heterocycles. The number of hydrogen-bond donors (Lipinski definition) is 2. The summed E-state index contributed by atoms with van der Waals surface area (Å²) in [6, 6.07) is 7.58. The molecule has 2 heterocycles. The number of H-pyrrole nitrogens is 1. The SMILES string of the molecule is O=C(Nc1ccc(Cn2cncn2)cc1)c1cn[nH]c1. The fraction of sp³-hybridized carbons (Fsp3) is 0.0769. The molecule has 20 heavy (non-hydrogen) atoms. The molecule has 1 aromatic carbocycles. The standard InChI is InChI=1S/C13H12N6O/c20-13(11-5-15-16-6-11)18-12-3-1-10(2-4-12)7-19-9-14-8-17-19/h1-6,8-9H,7H2,(H,15,16)(H,18,20). The smallest absolute Gasteiger partial charge is 0.258 e. The summed E-state index contributed by atoms with van der Waals surface area (Å²) >= 11 is 0. The van der Waals surface area contributed by atoms with E-state index in [-0.39, 0.29) is 5.91 Å². The molecule has 0 spiro atoms. The Bertz CT molecular complexity index is 672. The number of hydrogen-bond acceptors (Lipinski definition) is 4.